The number of phenolic OH excluding ortho intramolecular Hbond substituents is 1. The van der Waals surface area contributed by atoms with Crippen LogP contribution >= 0.6 is 0 Å². The van der Waals surface area contributed by atoms with Gasteiger partial charge in [0.2, 0.25) is 5.91 Å². The topological polar surface area (TPSA) is 176 Å². The van der Waals surface area contributed by atoms with Crippen molar-refractivity contribution < 1.29 is 38.9 Å². The summed E-state index contributed by atoms with van der Waals surface area (Å²) >= 11 is 0. The first-order chi connectivity index (χ1) is 17.9. The number of Topliss-reactive ketones (excluding diaryl/α,β-unsaturated/α-hetero) is 4. The molecule has 5 N–H and O–H groups in total. The van der Waals surface area contributed by atoms with Crippen LogP contribution in [0.5, 0.6) is 11.5 Å². The number of nitrogens with one attached hydrogen (secondary N) is 1. The number of nitrogens with zero attached hydrogens (tertiary/aromatic N) is 1. The van der Waals surface area contributed by atoms with E-state index in [0.717, 1.165) is 31.4 Å². The number of phenols is 1. The first kappa shape index (κ1) is 26.5. The van der Waals surface area contributed by atoms with Crippen molar-refractivity contribution in [3.05, 3.63) is 22.8 Å². The number of amides is 1. The molecule has 2 saturated carbocycles. The van der Waals surface area contributed by atoms with Crippen molar-refractivity contribution in [1.29, 1.82) is 0 Å². The number of carbonyl (C=O) groups excluding carboxylic acids is 5. The average molecular weight is 528 g/mol. The molecule has 7 unspecified atom stereocenters. The number of rotatable bonds is 4. The van der Waals surface area contributed by atoms with E-state index in [-0.39, 0.29) is 30.2 Å². The van der Waals surface area contributed by atoms with Crippen molar-refractivity contribution in [3.8, 4) is 11.5 Å². The van der Waals surface area contributed by atoms with Gasteiger partial charge in [-0.25, -0.2) is 0 Å². The fourth-order valence-corrected chi connectivity index (χ4v) is 7.30. The van der Waals surface area contributed by atoms with Gasteiger partial charge >= 0.3 is 0 Å². The summed E-state index contributed by atoms with van der Waals surface area (Å²) in [6.07, 6.45) is 3.03. The van der Waals surface area contributed by atoms with E-state index in [9.17, 15) is 34.2 Å². The summed E-state index contributed by atoms with van der Waals surface area (Å²) in [4.78, 5) is 67.8. The second-order valence-corrected chi connectivity index (χ2v) is 11.2. The molecule has 3 fully saturated rings. The Morgan fingerprint density at radius 3 is 2.47 bits per heavy atom. The number of aromatic hydroxyl groups is 1. The van der Waals surface area contributed by atoms with E-state index >= 15 is 0 Å². The molecule has 204 valence electrons. The van der Waals surface area contributed by atoms with E-state index < -0.39 is 64.4 Å². The summed E-state index contributed by atoms with van der Waals surface area (Å²) < 4.78 is 5.76. The number of nitrogens with two attached hydrogens (primary N) is 1. The van der Waals surface area contributed by atoms with Gasteiger partial charge in [-0.05, 0) is 58.3 Å². The number of ether oxygens (including phenoxy) is 1. The monoisotopic (exact) mass is 527 g/mol. The molecular formula is C27H33N3O8. The lowest BCUT2D eigenvalue weighted by Gasteiger charge is -2.52. The Morgan fingerprint density at radius 2 is 1.89 bits per heavy atom. The largest absolute Gasteiger partial charge is 0.507 e. The molecule has 1 saturated heterocycles. The van der Waals surface area contributed by atoms with Crippen molar-refractivity contribution in [1.82, 2.24) is 10.2 Å². The van der Waals surface area contributed by atoms with Gasteiger partial charge in [-0.1, -0.05) is 6.42 Å². The lowest BCUT2D eigenvalue weighted by atomic mass is 9.52. The van der Waals surface area contributed by atoms with Crippen LogP contribution in [0.1, 0.15) is 53.2 Å². The first-order valence-corrected chi connectivity index (χ1v) is 13.0. The van der Waals surface area contributed by atoms with Gasteiger partial charge < -0.3 is 26.0 Å². The summed E-state index contributed by atoms with van der Waals surface area (Å²) in [5, 5.41) is 26.1. The minimum atomic E-state index is -2.73. The van der Waals surface area contributed by atoms with Crippen LogP contribution in [0.2, 0.25) is 0 Å². The predicted molar refractivity (Wildman–Crippen MR) is 133 cm³/mol. The van der Waals surface area contributed by atoms with Crippen molar-refractivity contribution in [2.75, 3.05) is 27.7 Å². The molecule has 7 atom stereocenters. The molecule has 3 aliphatic carbocycles. The second kappa shape index (κ2) is 9.25. The maximum absolute atomic E-state index is 13.9. The number of hydrogen-bond acceptors (Lipinski definition) is 10. The van der Waals surface area contributed by atoms with Crippen LogP contribution in [0.15, 0.2) is 6.07 Å². The van der Waals surface area contributed by atoms with Crippen molar-refractivity contribution in [2.24, 2.45) is 29.4 Å². The summed E-state index contributed by atoms with van der Waals surface area (Å²) in [6.45, 7) is 0.810. The lowest BCUT2D eigenvalue weighted by Crippen LogP contribution is -2.74. The zero-order valence-corrected chi connectivity index (χ0v) is 21.7. The Labute approximate surface area is 219 Å². The molecule has 4 aliphatic rings. The van der Waals surface area contributed by atoms with Gasteiger partial charge in [0.1, 0.15) is 11.5 Å². The minimum Gasteiger partial charge on any atom is -0.507 e. The van der Waals surface area contributed by atoms with E-state index in [1.165, 1.54) is 18.1 Å². The van der Waals surface area contributed by atoms with Crippen LogP contribution < -0.4 is 15.8 Å². The van der Waals surface area contributed by atoms with Gasteiger partial charge in [-0.2, -0.15) is 0 Å². The molecule has 1 amide bonds. The van der Waals surface area contributed by atoms with E-state index in [0.29, 0.717) is 11.3 Å². The third kappa shape index (κ3) is 3.55. The highest BCUT2D eigenvalue weighted by Gasteiger charge is 2.69. The molecule has 11 nitrogen and oxygen atoms in total. The lowest BCUT2D eigenvalue weighted by molar-refractivity contribution is -0.181. The second-order valence-electron chi connectivity index (χ2n) is 11.2. The molecule has 1 aliphatic heterocycles. The van der Waals surface area contributed by atoms with E-state index in [1.807, 2.05) is 0 Å². The molecular weight excluding hydrogens is 494 g/mol. The van der Waals surface area contributed by atoms with Gasteiger partial charge in [-0.3, -0.25) is 28.9 Å². The quantitative estimate of drug-likeness (QED) is 0.380. The SMILES string of the molecule is COc1c(C2CCCCN2)cc(O)c2c1CC1CC3C(N(C)C)C(=O)C(C(N)=O)C(=O)C3(O)C(=O)C1C2=O. The summed E-state index contributed by atoms with van der Waals surface area (Å²) in [5.41, 5.74) is 3.75. The normalized spacial score (nSPS) is 35.0. The molecule has 1 aromatic carbocycles. The van der Waals surface area contributed by atoms with Gasteiger partial charge in [0.05, 0.1) is 24.6 Å². The predicted octanol–water partition coefficient (Wildman–Crippen LogP) is -0.310. The summed E-state index contributed by atoms with van der Waals surface area (Å²) in [6, 6.07) is 0.280. The smallest absolute Gasteiger partial charge is 0.235 e. The Balaban J connectivity index is 1.63. The van der Waals surface area contributed by atoms with Crippen molar-refractivity contribution in [3.63, 3.8) is 0 Å². The van der Waals surface area contributed by atoms with Gasteiger partial charge in [0, 0.05) is 23.1 Å². The van der Waals surface area contributed by atoms with Gasteiger partial charge in [-0.15, -0.1) is 0 Å². The van der Waals surface area contributed by atoms with Crippen molar-refractivity contribution >= 4 is 29.0 Å². The summed E-state index contributed by atoms with van der Waals surface area (Å²) in [5.74, 6) is -10.1. The third-order valence-corrected chi connectivity index (χ3v) is 8.93. The molecule has 5 rings (SSSR count). The van der Waals surface area contributed by atoms with Crippen LogP contribution in [0.4, 0.5) is 0 Å². The highest BCUT2D eigenvalue weighted by molar-refractivity contribution is 6.32. The molecule has 0 radical (unpaired) electrons. The van der Waals surface area contributed by atoms with E-state index in [1.54, 1.807) is 14.1 Å². The Bertz CT molecular complexity index is 1250. The maximum Gasteiger partial charge on any atom is 0.235 e. The number of fused-ring (bicyclic) bond motifs is 3. The number of primary amides is 1. The number of likely N-dealkylation sites (N-methyl/N-ethyl adjacent to an activating group) is 1. The fourth-order valence-electron chi connectivity index (χ4n) is 7.30. The zero-order valence-electron chi connectivity index (χ0n) is 21.7. The molecule has 0 bridgehead atoms. The average Bonchev–Trinajstić information content (AvgIpc) is 2.86. The number of piperidine rings is 1. The Hall–Kier alpha value is -3.15. The molecule has 0 aromatic heterocycles. The van der Waals surface area contributed by atoms with Crippen LogP contribution in [0.25, 0.3) is 0 Å². The number of benzene rings is 1. The highest BCUT2D eigenvalue weighted by atomic mass is 16.5. The number of ketones is 4. The Kier molecular flexibility index (Phi) is 6.44. The van der Waals surface area contributed by atoms with E-state index in [2.05, 4.69) is 5.32 Å². The Morgan fingerprint density at radius 1 is 1.18 bits per heavy atom. The number of methoxy groups -OCH3 is 1. The van der Waals surface area contributed by atoms with Gasteiger partial charge in [0.25, 0.3) is 0 Å². The molecule has 1 heterocycles. The standard InChI is InChI=1S/C27H33N3O8/c1-30(2)20-14-9-11-8-13-18(16(31)10-12(23(13)38-3)15-6-4-5-7-29-15)21(32)17(11)24(34)27(14,37)25(35)19(22(20)33)26(28)36/h10-11,14-15,17,19-20,29,31,37H,4-9H2,1-3H3,(H2,28,36). The molecule has 11 heteroatoms. The maximum atomic E-state index is 13.9. The zero-order chi connectivity index (χ0) is 27.7. The van der Waals surface area contributed by atoms with Crippen LogP contribution in [-0.2, 0) is 25.6 Å². The third-order valence-electron chi connectivity index (χ3n) is 8.93. The van der Waals surface area contributed by atoms with Crippen LogP contribution in [0, 0.1) is 23.7 Å². The number of carbonyl (C=O) groups is 5. The highest BCUT2D eigenvalue weighted by Crippen LogP contribution is 2.52. The molecule has 1 aromatic rings. The summed E-state index contributed by atoms with van der Waals surface area (Å²) in [7, 11) is 4.60. The fraction of sp³-hybridized carbons (Fsp3) is 0.593. The van der Waals surface area contributed by atoms with Crippen LogP contribution in [0.3, 0.4) is 0 Å². The number of hydrogen-bond donors (Lipinski definition) is 4. The van der Waals surface area contributed by atoms with Crippen LogP contribution in [-0.4, -0.2) is 83.5 Å². The molecule has 0 spiro atoms. The van der Waals surface area contributed by atoms with Gasteiger partial charge in [0.15, 0.2) is 34.7 Å². The van der Waals surface area contributed by atoms with Crippen molar-refractivity contribution in [2.45, 2.75) is 49.8 Å². The van der Waals surface area contributed by atoms with E-state index in [4.69, 9.17) is 10.5 Å². The number of aliphatic hydroxyl groups is 1. The first-order valence-electron chi connectivity index (χ1n) is 13.0. The minimum absolute atomic E-state index is 0.000280. The molecule has 38 heavy (non-hydrogen) atoms.